The van der Waals surface area contributed by atoms with Gasteiger partial charge in [-0.15, -0.1) is 0 Å². The number of hydrogen-bond acceptors (Lipinski definition) is 2. The van der Waals surface area contributed by atoms with Gasteiger partial charge in [0.15, 0.2) is 0 Å². The minimum absolute atomic E-state index is 0.136. The summed E-state index contributed by atoms with van der Waals surface area (Å²) in [7, 11) is 2.15. The van der Waals surface area contributed by atoms with Gasteiger partial charge in [-0.1, -0.05) is 36.4 Å². The smallest absolute Gasteiger partial charge is 0.136 e. The van der Waals surface area contributed by atoms with Gasteiger partial charge >= 0.3 is 0 Å². The molecule has 1 unspecified atom stereocenters. The van der Waals surface area contributed by atoms with Crippen LogP contribution in [-0.2, 0) is 9.59 Å². The number of Topliss-reactive ketones (excluding diaryl/α,β-unsaturated/α-hetero) is 2. The van der Waals surface area contributed by atoms with E-state index in [9.17, 15) is 9.59 Å². The van der Waals surface area contributed by atoms with Crippen LogP contribution in [-0.4, -0.2) is 22.7 Å². The standard InChI is InChI=1S/C12H20BIO2/c1-8-7-9(15)3-4-10(8)11(16)5-6-12(2,13)14/h8,10H,3-7,13H2,1-2H3/t8-,10+,12?/m0/s1. The van der Waals surface area contributed by atoms with E-state index in [-0.39, 0.29) is 15.2 Å². The molecule has 0 saturated heterocycles. The monoisotopic (exact) mass is 334 g/mol. The molecule has 0 spiro atoms. The molecule has 1 rings (SSSR count). The summed E-state index contributed by atoms with van der Waals surface area (Å²) in [6.45, 7) is 4.18. The molecule has 1 fully saturated rings. The molecule has 16 heavy (non-hydrogen) atoms. The third-order valence-corrected chi connectivity index (χ3v) is 3.89. The summed E-state index contributed by atoms with van der Waals surface area (Å²) in [6.07, 6.45) is 3.58. The van der Waals surface area contributed by atoms with E-state index in [1.165, 1.54) is 0 Å². The van der Waals surface area contributed by atoms with E-state index < -0.39 is 0 Å². The zero-order chi connectivity index (χ0) is 12.3. The highest BCUT2D eigenvalue weighted by molar-refractivity contribution is 14.1. The van der Waals surface area contributed by atoms with Crippen molar-refractivity contribution in [2.45, 2.75) is 49.3 Å². The zero-order valence-corrected chi connectivity index (χ0v) is 12.5. The fourth-order valence-corrected chi connectivity index (χ4v) is 2.56. The molecule has 0 N–H and O–H groups in total. The van der Waals surface area contributed by atoms with Crippen molar-refractivity contribution in [3.8, 4) is 0 Å². The first-order chi connectivity index (χ1) is 7.29. The van der Waals surface area contributed by atoms with E-state index in [1.807, 2.05) is 6.92 Å². The van der Waals surface area contributed by atoms with Crippen molar-refractivity contribution < 1.29 is 9.59 Å². The van der Waals surface area contributed by atoms with Gasteiger partial charge in [-0.25, -0.2) is 0 Å². The average Bonchev–Trinajstić information content (AvgIpc) is 2.13. The van der Waals surface area contributed by atoms with Gasteiger partial charge in [0, 0.05) is 25.2 Å². The molecular weight excluding hydrogens is 314 g/mol. The van der Waals surface area contributed by atoms with Crippen molar-refractivity contribution in [1.29, 1.82) is 0 Å². The summed E-state index contributed by atoms with van der Waals surface area (Å²) in [5.74, 6) is 1.08. The highest BCUT2D eigenvalue weighted by Crippen LogP contribution is 2.30. The first-order valence-electron chi connectivity index (χ1n) is 6.03. The lowest BCUT2D eigenvalue weighted by Gasteiger charge is -2.27. The number of carbonyl (C=O) groups is 2. The Kier molecular flexibility index (Phi) is 5.01. The van der Waals surface area contributed by atoms with Crippen LogP contribution in [0.25, 0.3) is 0 Å². The van der Waals surface area contributed by atoms with E-state index in [1.54, 1.807) is 0 Å². The molecule has 1 aliphatic carbocycles. The fourth-order valence-electron chi connectivity index (χ4n) is 2.29. The molecule has 1 aliphatic rings. The molecule has 2 nitrogen and oxygen atoms in total. The molecule has 0 amide bonds. The summed E-state index contributed by atoms with van der Waals surface area (Å²) in [6, 6.07) is 0. The summed E-state index contributed by atoms with van der Waals surface area (Å²) in [5.41, 5.74) is 0. The van der Waals surface area contributed by atoms with Crippen LogP contribution in [0.3, 0.4) is 0 Å². The highest BCUT2D eigenvalue weighted by Gasteiger charge is 2.31. The van der Waals surface area contributed by atoms with Crippen LogP contribution in [0.4, 0.5) is 0 Å². The molecule has 0 heterocycles. The van der Waals surface area contributed by atoms with Crippen molar-refractivity contribution in [1.82, 2.24) is 0 Å². The molecule has 0 aliphatic heterocycles. The number of rotatable bonds is 4. The molecule has 0 radical (unpaired) electrons. The molecule has 4 heteroatoms. The van der Waals surface area contributed by atoms with Gasteiger partial charge < -0.3 is 0 Å². The maximum atomic E-state index is 12.0. The van der Waals surface area contributed by atoms with E-state index in [4.69, 9.17) is 0 Å². The van der Waals surface area contributed by atoms with Crippen LogP contribution >= 0.6 is 22.6 Å². The Labute approximate surface area is 112 Å². The summed E-state index contributed by atoms with van der Waals surface area (Å²) < 4.78 is 0.196. The van der Waals surface area contributed by atoms with Crippen LogP contribution in [0.5, 0.6) is 0 Å². The third-order valence-electron chi connectivity index (χ3n) is 3.35. The SMILES string of the molecule is BC(C)(I)CCC(=O)[C@@H]1CCC(=O)C[C@@H]1C. The summed E-state index contributed by atoms with van der Waals surface area (Å²) >= 11 is 2.38. The van der Waals surface area contributed by atoms with Crippen LogP contribution in [0.1, 0.15) is 46.0 Å². The van der Waals surface area contributed by atoms with E-state index in [0.717, 1.165) is 12.8 Å². The van der Waals surface area contributed by atoms with E-state index >= 15 is 0 Å². The molecule has 3 atom stereocenters. The largest absolute Gasteiger partial charge is 0.300 e. The number of ketones is 2. The summed E-state index contributed by atoms with van der Waals surface area (Å²) in [5, 5.41) is 0. The highest BCUT2D eigenvalue weighted by atomic mass is 127. The first-order valence-corrected chi connectivity index (χ1v) is 7.11. The van der Waals surface area contributed by atoms with Crippen LogP contribution < -0.4 is 0 Å². The lowest BCUT2D eigenvalue weighted by atomic mass is 9.75. The minimum atomic E-state index is 0.136. The van der Waals surface area contributed by atoms with Crippen molar-refractivity contribution in [3.63, 3.8) is 0 Å². The van der Waals surface area contributed by atoms with E-state index in [0.29, 0.717) is 30.8 Å². The Morgan fingerprint density at radius 2 is 2.25 bits per heavy atom. The Morgan fingerprint density at radius 1 is 1.62 bits per heavy atom. The van der Waals surface area contributed by atoms with Crippen molar-refractivity contribution in [2.24, 2.45) is 11.8 Å². The van der Waals surface area contributed by atoms with Gasteiger partial charge in [-0.3, -0.25) is 9.59 Å². The van der Waals surface area contributed by atoms with Crippen molar-refractivity contribution in [3.05, 3.63) is 0 Å². The Hall–Kier alpha value is 0.135. The fraction of sp³-hybridized carbons (Fsp3) is 0.833. The normalized spacial score (nSPS) is 29.8. The maximum absolute atomic E-state index is 12.0. The third kappa shape index (κ3) is 4.56. The topological polar surface area (TPSA) is 34.1 Å². The number of hydrogen-bond donors (Lipinski definition) is 0. The quantitative estimate of drug-likeness (QED) is 0.448. The van der Waals surface area contributed by atoms with Gasteiger partial charge in [-0.05, 0) is 22.1 Å². The molecule has 0 aromatic rings. The van der Waals surface area contributed by atoms with Gasteiger partial charge in [0.05, 0.1) is 0 Å². The number of carbonyl (C=O) groups excluding carboxylic acids is 2. The van der Waals surface area contributed by atoms with Crippen LogP contribution in [0, 0.1) is 11.8 Å². The minimum Gasteiger partial charge on any atom is -0.300 e. The Balaban J connectivity index is 2.45. The Morgan fingerprint density at radius 3 is 2.75 bits per heavy atom. The second-order valence-corrected chi connectivity index (χ2v) is 8.47. The van der Waals surface area contributed by atoms with Crippen molar-refractivity contribution >= 4 is 42.0 Å². The van der Waals surface area contributed by atoms with Crippen LogP contribution in [0.2, 0.25) is 0 Å². The van der Waals surface area contributed by atoms with Gasteiger partial charge in [0.25, 0.3) is 0 Å². The van der Waals surface area contributed by atoms with Gasteiger partial charge in [0.1, 0.15) is 19.4 Å². The average molecular weight is 334 g/mol. The predicted molar refractivity (Wildman–Crippen MR) is 76.7 cm³/mol. The number of halogens is 1. The summed E-state index contributed by atoms with van der Waals surface area (Å²) in [4.78, 5) is 23.3. The molecule has 0 aromatic carbocycles. The molecule has 0 bridgehead atoms. The van der Waals surface area contributed by atoms with Crippen LogP contribution in [0.15, 0.2) is 0 Å². The second-order valence-electron chi connectivity index (χ2n) is 5.55. The Bertz CT molecular complexity index is 283. The molecule has 0 aromatic heterocycles. The van der Waals surface area contributed by atoms with E-state index in [2.05, 4.69) is 37.4 Å². The number of alkyl halides is 1. The maximum Gasteiger partial charge on any atom is 0.136 e. The lowest BCUT2D eigenvalue weighted by Crippen LogP contribution is -2.30. The molecule has 1 saturated carbocycles. The second kappa shape index (κ2) is 5.65. The predicted octanol–water partition coefficient (Wildman–Crippen LogP) is 2.13. The zero-order valence-electron chi connectivity index (χ0n) is 10.4. The molecular formula is C12H20BIO2. The molecule has 90 valence electrons. The van der Waals surface area contributed by atoms with Crippen molar-refractivity contribution in [2.75, 3.05) is 0 Å². The van der Waals surface area contributed by atoms with Gasteiger partial charge in [0.2, 0.25) is 0 Å². The first kappa shape index (κ1) is 14.2. The lowest BCUT2D eigenvalue weighted by molar-refractivity contribution is -0.129. The van der Waals surface area contributed by atoms with Gasteiger partial charge in [-0.2, -0.15) is 0 Å².